The topological polar surface area (TPSA) is 75.6 Å². The smallest absolute Gasteiger partial charge is 0.416 e. The first-order valence-corrected chi connectivity index (χ1v) is 11.8. The maximum atomic E-state index is 14.4. The lowest BCUT2D eigenvalue weighted by Gasteiger charge is -2.16. The van der Waals surface area contributed by atoms with Gasteiger partial charge in [-0.05, 0) is 53.6 Å². The Morgan fingerprint density at radius 1 is 0.921 bits per heavy atom. The minimum absolute atomic E-state index is 0.116. The van der Waals surface area contributed by atoms with Crippen LogP contribution in [0.4, 0.5) is 23.2 Å². The van der Waals surface area contributed by atoms with Gasteiger partial charge in [-0.25, -0.2) is 9.18 Å². The molecule has 10 heteroatoms. The minimum Gasteiger partial charge on any atom is -0.508 e. The number of halogens is 5. The first-order valence-electron chi connectivity index (χ1n) is 11.0. The van der Waals surface area contributed by atoms with Crippen LogP contribution in [0.3, 0.4) is 0 Å². The molecule has 0 saturated carbocycles. The van der Waals surface area contributed by atoms with Gasteiger partial charge in [0.1, 0.15) is 18.2 Å². The number of anilines is 1. The molecule has 0 bridgehead atoms. The number of nitrogens with one attached hydrogen (secondary N) is 1. The molecule has 194 valence electrons. The molecule has 0 unspecified atom stereocenters. The van der Waals surface area contributed by atoms with Crippen LogP contribution in [0.1, 0.15) is 31.8 Å². The van der Waals surface area contributed by atoms with Crippen LogP contribution in [-0.2, 0) is 17.5 Å². The lowest BCUT2D eigenvalue weighted by atomic mass is 9.94. The Balaban J connectivity index is 1.75. The van der Waals surface area contributed by atoms with Crippen LogP contribution in [0, 0.1) is 5.82 Å². The van der Waals surface area contributed by atoms with Crippen LogP contribution in [0.2, 0.25) is 0 Å². The number of phenolic OH excluding ortho intramolecular Hbond substituents is 1. The molecule has 4 aromatic rings. The minimum atomic E-state index is -4.77. The standard InChI is InChI=1S/C28H18BrF4NO4/c29-19-9-6-17(7-10-19)21-13-20(35)14-22(25(21)27(37)38-15-16-4-2-1-3-5-16)26(36)34-24-11-8-18(12-23(24)30)28(31,32)33/h1-14,35H,15H2,(H,34,36). The summed E-state index contributed by atoms with van der Waals surface area (Å²) in [7, 11) is 0. The lowest BCUT2D eigenvalue weighted by Crippen LogP contribution is -2.19. The summed E-state index contributed by atoms with van der Waals surface area (Å²) in [6.07, 6.45) is -4.77. The summed E-state index contributed by atoms with van der Waals surface area (Å²) >= 11 is 3.32. The molecule has 0 aliphatic rings. The first kappa shape index (κ1) is 26.9. The van der Waals surface area contributed by atoms with Gasteiger partial charge in [-0.1, -0.05) is 58.4 Å². The fraction of sp³-hybridized carbons (Fsp3) is 0.0714. The van der Waals surface area contributed by atoms with E-state index in [4.69, 9.17) is 4.74 Å². The highest BCUT2D eigenvalue weighted by molar-refractivity contribution is 9.10. The molecule has 4 rings (SSSR count). The fourth-order valence-electron chi connectivity index (χ4n) is 3.66. The summed E-state index contributed by atoms with van der Waals surface area (Å²) in [4.78, 5) is 26.5. The number of hydrogen-bond donors (Lipinski definition) is 2. The van der Waals surface area contributed by atoms with E-state index < -0.39 is 35.1 Å². The first-order chi connectivity index (χ1) is 18.0. The van der Waals surface area contributed by atoms with Gasteiger partial charge < -0.3 is 15.2 Å². The van der Waals surface area contributed by atoms with E-state index in [-0.39, 0.29) is 35.1 Å². The van der Waals surface area contributed by atoms with E-state index in [2.05, 4.69) is 21.2 Å². The van der Waals surface area contributed by atoms with E-state index in [0.29, 0.717) is 17.2 Å². The van der Waals surface area contributed by atoms with Gasteiger partial charge in [-0.2, -0.15) is 13.2 Å². The molecular formula is C28H18BrF4NO4. The van der Waals surface area contributed by atoms with Gasteiger partial charge in [0.2, 0.25) is 0 Å². The number of carbonyl (C=O) groups excluding carboxylic acids is 2. The third kappa shape index (κ3) is 6.20. The number of aromatic hydroxyl groups is 1. The quantitative estimate of drug-likeness (QED) is 0.180. The number of rotatable bonds is 6. The Morgan fingerprint density at radius 2 is 1.61 bits per heavy atom. The van der Waals surface area contributed by atoms with Gasteiger partial charge in [0.15, 0.2) is 0 Å². The number of benzene rings is 4. The molecule has 0 saturated heterocycles. The average molecular weight is 588 g/mol. The molecule has 0 atom stereocenters. The van der Waals surface area contributed by atoms with Gasteiger partial charge in [0.05, 0.1) is 22.4 Å². The molecule has 0 aromatic heterocycles. The molecule has 0 aliphatic carbocycles. The van der Waals surface area contributed by atoms with Crippen molar-refractivity contribution in [2.75, 3.05) is 5.32 Å². The van der Waals surface area contributed by atoms with Crippen molar-refractivity contribution in [3.05, 3.63) is 117 Å². The summed E-state index contributed by atoms with van der Waals surface area (Å²) in [5.41, 5.74) is -1.04. The van der Waals surface area contributed by atoms with Crippen molar-refractivity contribution >= 4 is 33.5 Å². The summed E-state index contributed by atoms with van der Waals surface area (Å²) in [6.45, 7) is -0.116. The molecule has 0 aliphatic heterocycles. The maximum Gasteiger partial charge on any atom is 0.416 e. The van der Waals surface area contributed by atoms with Crippen LogP contribution in [0.5, 0.6) is 5.75 Å². The second-order valence-corrected chi connectivity index (χ2v) is 9.05. The zero-order chi connectivity index (χ0) is 27.4. The Bertz CT molecular complexity index is 1490. The van der Waals surface area contributed by atoms with Crippen molar-refractivity contribution < 1.29 is 37.0 Å². The SMILES string of the molecule is O=C(Nc1ccc(C(F)(F)F)cc1F)c1cc(O)cc(-c2ccc(Br)cc2)c1C(=O)OCc1ccccc1. The van der Waals surface area contributed by atoms with Gasteiger partial charge in [0, 0.05) is 10.0 Å². The maximum absolute atomic E-state index is 14.4. The summed E-state index contributed by atoms with van der Waals surface area (Å²) in [6, 6.07) is 19.4. The third-order valence-corrected chi connectivity index (χ3v) is 6.01. The molecule has 4 aromatic carbocycles. The number of hydrogen-bond acceptors (Lipinski definition) is 4. The number of alkyl halides is 3. The van der Waals surface area contributed by atoms with Crippen molar-refractivity contribution in [3.63, 3.8) is 0 Å². The third-order valence-electron chi connectivity index (χ3n) is 5.48. The van der Waals surface area contributed by atoms with E-state index in [9.17, 15) is 32.3 Å². The van der Waals surface area contributed by atoms with Crippen molar-refractivity contribution in [1.82, 2.24) is 0 Å². The van der Waals surface area contributed by atoms with Crippen LogP contribution >= 0.6 is 15.9 Å². The van der Waals surface area contributed by atoms with Crippen LogP contribution in [0.25, 0.3) is 11.1 Å². The van der Waals surface area contributed by atoms with Crippen LogP contribution in [-0.4, -0.2) is 17.0 Å². The largest absolute Gasteiger partial charge is 0.508 e. The van der Waals surface area contributed by atoms with E-state index >= 15 is 0 Å². The van der Waals surface area contributed by atoms with E-state index in [0.717, 1.165) is 16.6 Å². The van der Waals surface area contributed by atoms with E-state index in [1.165, 1.54) is 6.07 Å². The van der Waals surface area contributed by atoms with Crippen molar-refractivity contribution in [2.24, 2.45) is 0 Å². The van der Waals surface area contributed by atoms with E-state index in [1.807, 2.05) is 0 Å². The molecular weight excluding hydrogens is 570 g/mol. The Labute approximate surface area is 222 Å². The zero-order valence-electron chi connectivity index (χ0n) is 19.4. The lowest BCUT2D eigenvalue weighted by molar-refractivity contribution is -0.137. The summed E-state index contributed by atoms with van der Waals surface area (Å²) in [5.74, 6) is -3.63. The highest BCUT2D eigenvalue weighted by Crippen LogP contribution is 2.34. The highest BCUT2D eigenvalue weighted by atomic mass is 79.9. The Morgan fingerprint density at radius 3 is 2.24 bits per heavy atom. The normalized spacial score (nSPS) is 11.2. The number of ether oxygens (including phenoxy) is 1. The van der Waals surface area contributed by atoms with Gasteiger partial charge in [-0.3, -0.25) is 4.79 Å². The summed E-state index contributed by atoms with van der Waals surface area (Å²) in [5, 5.41) is 12.6. The number of carbonyl (C=O) groups is 2. The van der Waals surface area contributed by atoms with Crippen LogP contribution in [0.15, 0.2) is 89.4 Å². The molecule has 0 fully saturated rings. The molecule has 0 radical (unpaired) electrons. The van der Waals surface area contributed by atoms with Gasteiger partial charge in [-0.15, -0.1) is 0 Å². The van der Waals surface area contributed by atoms with Gasteiger partial charge >= 0.3 is 12.1 Å². The summed E-state index contributed by atoms with van der Waals surface area (Å²) < 4.78 is 59.3. The predicted octanol–water partition coefficient (Wildman–Crippen LogP) is 7.59. The molecule has 1 amide bonds. The molecule has 0 spiro atoms. The molecule has 0 heterocycles. The second kappa shape index (κ2) is 11.1. The van der Waals surface area contributed by atoms with Crippen molar-refractivity contribution in [3.8, 4) is 16.9 Å². The molecule has 5 nitrogen and oxygen atoms in total. The highest BCUT2D eigenvalue weighted by Gasteiger charge is 2.31. The average Bonchev–Trinajstić information content (AvgIpc) is 2.88. The van der Waals surface area contributed by atoms with Gasteiger partial charge in [0.25, 0.3) is 5.91 Å². The Hall–Kier alpha value is -4.18. The van der Waals surface area contributed by atoms with Crippen molar-refractivity contribution in [2.45, 2.75) is 12.8 Å². The molecule has 2 N–H and O–H groups in total. The molecule has 38 heavy (non-hydrogen) atoms. The predicted molar refractivity (Wildman–Crippen MR) is 136 cm³/mol. The zero-order valence-corrected chi connectivity index (χ0v) is 20.9. The monoisotopic (exact) mass is 587 g/mol. The number of phenols is 1. The van der Waals surface area contributed by atoms with Crippen LogP contribution < -0.4 is 5.32 Å². The number of amides is 1. The Kier molecular flexibility index (Phi) is 7.82. The van der Waals surface area contributed by atoms with Crippen molar-refractivity contribution in [1.29, 1.82) is 0 Å². The van der Waals surface area contributed by atoms with E-state index in [1.54, 1.807) is 54.6 Å². The number of esters is 1. The second-order valence-electron chi connectivity index (χ2n) is 8.13. The fourth-order valence-corrected chi connectivity index (χ4v) is 3.93.